The fraction of sp³-hybridized carbons (Fsp3) is 0.118. The zero-order valence-electron chi connectivity index (χ0n) is 11.6. The smallest absolute Gasteiger partial charge is 0.193 e. The van der Waals surface area contributed by atoms with E-state index in [4.69, 9.17) is 4.42 Å². The number of benzene rings is 2. The average Bonchev–Trinajstić information content (AvgIpc) is 2.49. The van der Waals surface area contributed by atoms with E-state index in [0.717, 1.165) is 5.56 Å². The summed E-state index contributed by atoms with van der Waals surface area (Å²) in [4.78, 5) is 11.9. The third kappa shape index (κ3) is 3.13. The average molecular weight is 267 g/mol. The fourth-order valence-corrected chi connectivity index (χ4v) is 1.85. The van der Waals surface area contributed by atoms with Crippen LogP contribution in [-0.4, -0.2) is 14.1 Å². The maximum atomic E-state index is 11.9. The minimum Gasteiger partial charge on any atom is -0.456 e. The van der Waals surface area contributed by atoms with E-state index in [1.165, 1.54) is 6.07 Å². The Labute approximate surface area is 117 Å². The van der Waals surface area contributed by atoms with E-state index in [2.05, 4.69) is 5.32 Å². The zero-order valence-corrected chi connectivity index (χ0v) is 11.6. The predicted molar refractivity (Wildman–Crippen MR) is 82.9 cm³/mol. The Morgan fingerprint density at radius 3 is 2.20 bits per heavy atom. The van der Waals surface area contributed by atoms with E-state index < -0.39 is 0 Å². The first-order chi connectivity index (χ1) is 9.76. The van der Waals surface area contributed by atoms with Gasteiger partial charge in [0.25, 0.3) is 0 Å². The van der Waals surface area contributed by atoms with Gasteiger partial charge in [0.2, 0.25) is 0 Å². The first-order valence-corrected chi connectivity index (χ1v) is 6.43. The topological polar surface area (TPSA) is 42.2 Å². The van der Waals surface area contributed by atoms with Crippen LogP contribution in [0.15, 0.2) is 69.9 Å². The first-order valence-electron chi connectivity index (χ1n) is 6.43. The Kier molecular flexibility index (Phi) is 4.69. The summed E-state index contributed by atoms with van der Waals surface area (Å²) in [6, 6.07) is 18.4. The molecule has 0 spiro atoms. The molecule has 0 aliphatic carbocycles. The van der Waals surface area contributed by atoms with Crippen molar-refractivity contribution in [3.05, 3.63) is 70.9 Å². The summed E-state index contributed by atoms with van der Waals surface area (Å²) in [5, 5.41) is 3.37. The molecule has 1 aromatic heterocycles. The molecule has 0 bridgehead atoms. The van der Waals surface area contributed by atoms with Crippen LogP contribution in [0, 0.1) is 0 Å². The molecule has 1 N–H and O–H groups in total. The van der Waals surface area contributed by atoms with Crippen molar-refractivity contribution in [2.45, 2.75) is 0 Å². The van der Waals surface area contributed by atoms with Crippen LogP contribution in [-0.2, 0) is 0 Å². The molecule has 0 aliphatic heterocycles. The van der Waals surface area contributed by atoms with Crippen LogP contribution in [0.1, 0.15) is 0 Å². The van der Waals surface area contributed by atoms with Gasteiger partial charge in [-0.15, -0.1) is 0 Å². The summed E-state index contributed by atoms with van der Waals surface area (Å²) in [5.74, 6) is 0.606. The van der Waals surface area contributed by atoms with Gasteiger partial charge in [-0.2, -0.15) is 0 Å². The van der Waals surface area contributed by atoms with E-state index in [-0.39, 0.29) is 5.43 Å². The third-order valence-electron chi connectivity index (χ3n) is 2.69. The second-order valence-corrected chi connectivity index (χ2v) is 4.34. The summed E-state index contributed by atoms with van der Waals surface area (Å²) in [5.41, 5.74) is 1.53. The van der Waals surface area contributed by atoms with Crippen LogP contribution >= 0.6 is 0 Å². The van der Waals surface area contributed by atoms with Gasteiger partial charge in [0, 0.05) is 11.6 Å². The number of hydrogen-bond donors (Lipinski definition) is 1. The Balaban J connectivity index is 0.000000452. The van der Waals surface area contributed by atoms with E-state index >= 15 is 0 Å². The van der Waals surface area contributed by atoms with Gasteiger partial charge in [0.1, 0.15) is 11.3 Å². The molecular formula is C17H17NO2. The van der Waals surface area contributed by atoms with Crippen molar-refractivity contribution in [1.29, 1.82) is 0 Å². The summed E-state index contributed by atoms with van der Waals surface area (Å²) in [7, 11) is 3.75. The van der Waals surface area contributed by atoms with E-state index in [0.29, 0.717) is 16.7 Å². The number of hydrogen-bond acceptors (Lipinski definition) is 3. The standard InChI is InChI=1S/C15H10O2.C2H7N/c16-13-10-15(11-6-2-1-3-7-11)17-14-9-5-4-8-12(13)14;1-3-2/h1-10H;3H,1-2H3. The summed E-state index contributed by atoms with van der Waals surface area (Å²) in [6.07, 6.45) is 0. The fourth-order valence-electron chi connectivity index (χ4n) is 1.85. The lowest BCUT2D eigenvalue weighted by molar-refractivity contribution is 0.619. The number of rotatable bonds is 1. The van der Waals surface area contributed by atoms with Crippen LogP contribution < -0.4 is 10.7 Å². The molecule has 1 heterocycles. The molecular weight excluding hydrogens is 250 g/mol. The molecule has 0 radical (unpaired) electrons. The highest BCUT2D eigenvalue weighted by molar-refractivity contribution is 5.78. The largest absolute Gasteiger partial charge is 0.456 e. The Bertz CT molecular complexity index is 733. The molecule has 0 saturated carbocycles. The SMILES string of the molecule is CNC.O=c1cc(-c2ccccc2)oc2ccccc12. The second kappa shape index (κ2) is 6.68. The van der Waals surface area contributed by atoms with Crippen molar-refractivity contribution in [1.82, 2.24) is 5.32 Å². The van der Waals surface area contributed by atoms with Crippen LogP contribution in [0.5, 0.6) is 0 Å². The van der Waals surface area contributed by atoms with Gasteiger partial charge >= 0.3 is 0 Å². The van der Waals surface area contributed by atoms with Crippen LogP contribution in [0.4, 0.5) is 0 Å². The lowest BCUT2D eigenvalue weighted by atomic mass is 10.1. The molecule has 3 aromatic rings. The monoisotopic (exact) mass is 267 g/mol. The maximum Gasteiger partial charge on any atom is 0.193 e. The Morgan fingerprint density at radius 1 is 0.900 bits per heavy atom. The van der Waals surface area contributed by atoms with Crippen LogP contribution in [0.3, 0.4) is 0 Å². The number of para-hydroxylation sites is 1. The first kappa shape index (κ1) is 14.0. The molecule has 3 rings (SSSR count). The summed E-state index contributed by atoms with van der Waals surface area (Å²) < 4.78 is 5.73. The van der Waals surface area contributed by atoms with Crippen molar-refractivity contribution in [2.75, 3.05) is 14.1 Å². The highest BCUT2D eigenvalue weighted by Gasteiger charge is 2.05. The third-order valence-corrected chi connectivity index (χ3v) is 2.69. The van der Waals surface area contributed by atoms with Gasteiger partial charge in [-0.3, -0.25) is 4.79 Å². The van der Waals surface area contributed by atoms with Crippen molar-refractivity contribution in [2.24, 2.45) is 0 Å². The molecule has 0 amide bonds. The van der Waals surface area contributed by atoms with Gasteiger partial charge in [0.05, 0.1) is 5.39 Å². The molecule has 2 aromatic carbocycles. The van der Waals surface area contributed by atoms with Crippen molar-refractivity contribution < 1.29 is 4.42 Å². The second-order valence-electron chi connectivity index (χ2n) is 4.34. The minimum atomic E-state index is -0.00861. The lowest BCUT2D eigenvalue weighted by Gasteiger charge is -2.02. The molecule has 3 nitrogen and oxygen atoms in total. The molecule has 0 atom stereocenters. The van der Waals surface area contributed by atoms with Gasteiger partial charge in [-0.1, -0.05) is 42.5 Å². The molecule has 0 unspecified atom stereocenters. The van der Waals surface area contributed by atoms with Gasteiger partial charge < -0.3 is 9.73 Å². The van der Waals surface area contributed by atoms with Gasteiger partial charge in [0.15, 0.2) is 5.43 Å². The molecule has 102 valence electrons. The highest BCUT2D eigenvalue weighted by Crippen LogP contribution is 2.21. The predicted octanol–water partition coefficient (Wildman–Crippen LogP) is 3.30. The molecule has 3 heteroatoms. The molecule has 0 fully saturated rings. The lowest BCUT2D eigenvalue weighted by Crippen LogP contribution is -1.99. The molecule has 0 saturated heterocycles. The normalized spacial score (nSPS) is 9.90. The van der Waals surface area contributed by atoms with Gasteiger partial charge in [-0.05, 0) is 26.2 Å². The van der Waals surface area contributed by atoms with E-state index in [1.54, 1.807) is 6.07 Å². The number of nitrogens with one attached hydrogen (secondary N) is 1. The highest BCUT2D eigenvalue weighted by atomic mass is 16.3. The quantitative estimate of drug-likeness (QED) is 0.735. The minimum absolute atomic E-state index is 0.00861. The zero-order chi connectivity index (χ0) is 14.4. The van der Waals surface area contributed by atoms with Crippen molar-refractivity contribution in [3.8, 4) is 11.3 Å². The summed E-state index contributed by atoms with van der Waals surface area (Å²) >= 11 is 0. The number of fused-ring (bicyclic) bond motifs is 1. The van der Waals surface area contributed by atoms with Crippen LogP contribution in [0.25, 0.3) is 22.3 Å². The van der Waals surface area contributed by atoms with Crippen LogP contribution in [0.2, 0.25) is 0 Å². The van der Waals surface area contributed by atoms with E-state index in [1.807, 2.05) is 62.6 Å². The molecule has 0 aliphatic rings. The van der Waals surface area contributed by atoms with Crippen molar-refractivity contribution in [3.63, 3.8) is 0 Å². The van der Waals surface area contributed by atoms with E-state index in [9.17, 15) is 4.79 Å². The summed E-state index contributed by atoms with van der Waals surface area (Å²) in [6.45, 7) is 0. The van der Waals surface area contributed by atoms with Crippen molar-refractivity contribution >= 4 is 11.0 Å². The molecule has 20 heavy (non-hydrogen) atoms. The maximum absolute atomic E-state index is 11.9. The Hall–Kier alpha value is -2.39. The van der Waals surface area contributed by atoms with Gasteiger partial charge in [-0.25, -0.2) is 0 Å². The Morgan fingerprint density at radius 2 is 1.50 bits per heavy atom.